The van der Waals surface area contributed by atoms with Gasteiger partial charge in [-0.05, 0) is 25.1 Å². The average molecular weight is 433 g/mol. The normalized spacial score (nSPS) is 11.9. The Bertz CT molecular complexity index is 1270. The van der Waals surface area contributed by atoms with Crippen LogP contribution in [0.3, 0.4) is 0 Å². The monoisotopic (exact) mass is 433 g/mol. The first-order valence-corrected chi connectivity index (χ1v) is 10.4. The van der Waals surface area contributed by atoms with Crippen LogP contribution in [0.25, 0.3) is 16.7 Å². The van der Waals surface area contributed by atoms with Crippen molar-refractivity contribution in [1.82, 2.24) is 9.55 Å². The van der Waals surface area contributed by atoms with Crippen molar-refractivity contribution in [3.05, 3.63) is 88.5 Å². The lowest BCUT2D eigenvalue weighted by Crippen LogP contribution is -2.14. The number of para-hydroxylation sites is 2. The van der Waals surface area contributed by atoms with Gasteiger partial charge in [0.05, 0.1) is 34.0 Å². The number of ketones is 1. The zero-order chi connectivity index (χ0) is 22.0. The van der Waals surface area contributed by atoms with Gasteiger partial charge in [-0.15, -0.1) is 0 Å². The molecule has 0 bridgehead atoms. The minimum Gasteiger partial charge on any atom is -0.495 e. The lowest BCUT2D eigenvalue weighted by molar-refractivity contribution is -0.384. The second-order valence-electron chi connectivity index (χ2n) is 6.82. The van der Waals surface area contributed by atoms with E-state index in [0.717, 1.165) is 5.69 Å². The van der Waals surface area contributed by atoms with Crippen LogP contribution in [-0.4, -0.2) is 32.6 Å². The Hall–Kier alpha value is -3.65. The third-order valence-corrected chi connectivity index (χ3v) is 5.91. The fourth-order valence-electron chi connectivity index (χ4n) is 3.34. The van der Waals surface area contributed by atoms with Crippen LogP contribution in [0, 0.1) is 10.1 Å². The number of non-ortho nitro benzene ring substituents is 1. The number of methoxy groups -OCH3 is 1. The molecule has 0 N–H and O–H groups in total. The molecule has 0 saturated heterocycles. The molecule has 0 spiro atoms. The van der Waals surface area contributed by atoms with Crippen molar-refractivity contribution in [2.45, 2.75) is 17.3 Å². The Kier molecular flexibility index (Phi) is 5.73. The fraction of sp³-hybridized carbons (Fsp3) is 0.130. The first-order valence-electron chi connectivity index (χ1n) is 9.56. The Morgan fingerprint density at radius 3 is 2.52 bits per heavy atom. The number of hydrogen-bond donors (Lipinski definition) is 0. The topological polar surface area (TPSA) is 87.3 Å². The number of Topliss-reactive ketones (excluding diaryl/α,β-unsaturated/α-hetero) is 1. The number of hydrogen-bond acceptors (Lipinski definition) is 6. The number of rotatable bonds is 7. The largest absolute Gasteiger partial charge is 0.495 e. The summed E-state index contributed by atoms with van der Waals surface area (Å²) in [7, 11) is 1.58. The van der Waals surface area contributed by atoms with Crippen molar-refractivity contribution < 1.29 is 14.5 Å². The number of benzene rings is 3. The number of thioether (sulfide) groups is 1. The summed E-state index contributed by atoms with van der Waals surface area (Å²) in [5.74, 6) is 0.610. The fourth-order valence-corrected chi connectivity index (χ4v) is 4.35. The summed E-state index contributed by atoms with van der Waals surface area (Å²) in [5, 5.41) is 11.4. The van der Waals surface area contributed by atoms with E-state index >= 15 is 0 Å². The van der Waals surface area contributed by atoms with Gasteiger partial charge in [-0.25, -0.2) is 4.98 Å². The van der Waals surface area contributed by atoms with Gasteiger partial charge in [0.2, 0.25) is 0 Å². The summed E-state index contributed by atoms with van der Waals surface area (Å²) >= 11 is 1.30. The van der Waals surface area contributed by atoms with E-state index in [1.807, 2.05) is 54.0 Å². The van der Waals surface area contributed by atoms with Crippen LogP contribution < -0.4 is 4.74 Å². The van der Waals surface area contributed by atoms with Gasteiger partial charge in [0.25, 0.3) is 5.69 Å². The van der Waals surface area contributed by atoms with Gasteiger partial charge >= 0.3 is 0 Å². The average Bonchev–Trinajstić information content (AvgIpc) is 3.15. The molecule has 156 valence electrons. The van der Waals surface area contributed by atoms with E-state index in [0.29, 0.717) is 27.5 Å². The van der Waals surface area contributed by atoms with Crippen molar-refractivity contribution in [1.29, 1.82) is 0 Å². The van der Waals surface area contributed by atoms with Crippen LogP contribution in [0.1, 0.15) is 17.3 Å². The maximum Gasteiger partial charge on any atom is 0.271 e. The third kappa shape index (κ3) is 4.02. The number of imidazole rings is 1. The van der Waals surface area contributed by atoms with E-state index in [2.05, 4.69) is 4.98 Å². The molecule has 0 fully saturated rings. The van der Waals surface area contributed by atoms with Gasteiger partial charge in [-0.2, -0.15) is 0 Å². The predicted molar refractivity (Wildman–Crippen MR) is 120 cm³/mol. The molecule has 1 aromatic heterocycles. The van der Waals surface area contributed by atoms with Gasteiger partial charge in [-0.1, -0.05) is 54.2 Å². The van der Waals surface area contributed by atoms with Gasteiger partial charge in [0, 0.05) is 17.7 Å². The third-order valence-electron chi connectivity index (χ3n) is 4.85. The molecule has 3 aromatic carbocycles. The molecule has 31 heavy (non-hydrogen) atoms. The molecular formula is C23H19N3O4S. The van der Waals surface area contributed by atoms with Crippen LogP contribution in [0.15, 0.2) is 78.0 Å². The van der Waals surface area contributed by atoms with Crippen LogP contribution in [0.4, 0.5) is 5.69 Å². The van der Waals surface area contributed by atoms with E-state index in [1.165, 1.54) is 23.9 Å². The minimum absolute atomic E-state index is 0.0183. The number of fused-ring (bicyclic) bond motifs is 1. The first-order chi connectivity index (χ1) is 15.0. The maximum atomic E-state index is 12.9. The Labute approximate surface area is 182 Å². The van der Waals surface area contributed by atoms with Crippen molar-refractivity contribution in [2.24, 2.45) is 0 Å². The summed E-state index contributed by atoms with van der Waals surface area (Å²) in [5.41, 5.74) is 2.49. The number of nitro groups is 1. The summed E-state index contributed by atoms with van der Waals surface area (Å²) in [6.45, 7) is 1.83. The number of aromatic nitrogens is 2. The van der Waals surface area contributed by atoms with Crippen LogP contribution >= 0.6 is 11.8 Å². The summed E-state index contributed by atoms with van der Waals surface area (Å²) < 4.78 is 7.40. The molecule has 1 atom stereocenters. The molecule has 0 amide bonds. The van der Waals surface area contributed by atoms with Crippen molar-refractivity contribution in [2.75, 3.05) is 7.11 Å². The predicted octanol–water partition coefficient (Wildman–Crippen LogP) is 5.31. The smallest absolute Gasteiger partial charge is 0.271 e. The molecule has 1 unspecified atom stereocenters. The molecule has 0 saturated carbocycles. The Morgan fingerprint density at radius 1 is 1.10 bits per heavy atom. The lowest BCUT2D eigenvalue weighted by atomic mass is 10.1. The summed E-state index contributed by atoms with van der Waals surface area (Å²) in [6, 6.07) is 21.1. The molecule has 0 aliphatic heterocycles. The molecule has 0 radical (unpaired) electrons. The van der Waals surface area contributed by atoms with Crippen LogP contribution in [0.5, 0.6) is 5.75 Å². The van der Waals surface area contributed by atoms with E-state index in [9.17, 15) is 14.9 Å². The Balaban J connectivity index is 1.83. The minimum atomic E-state index is -0.448. The second kappa shape index (κ2) is 8.61. The molecule has 0 aliphatic carbocycles. The zero-order valence-electron chi connectivity index (χ0n) is 16.9. The van der Waals surface area contributed by atoms with Crippen molar-refractivity contribution in [3.8, 4) is 11.4 Å². The van der Waals surface area contributed by atoms with E-state index in [4.69, 9.17) is 4.74 Å². The highest BCUT2D eigenvalue weighted by Crippen LogP contribution is 2.35. The SMILES string of the molecule is COc1ccccc1-n1c(SC(C)C(=O)c2ccccc2)nc2cc([N+](=O)[O-])ccc21. The van der Waals surface area contributed by atoms with E-state index in [1.54, 1.807) is 25.3 Å². The highest BCUT2D eigenvalue weighted by Gasteiger charge is 2.23. The first kappa shape index (κ1) is 20.6. The maximum absolute atomic E-state index is 12.9. The number of ether oxygens (including phenoxy) is 1. The molecule has 4 aromatic rings. The zero-order valence-corrected chi connectivity index (χ0v) is 17.7. The molecule has 8 heteroatoms. The van der Waals surface area contributed by atoms with Crippen molar-refractivity contribution >= 4 is 34.3 Å². The van der Waals surface area contributed by atoms with Crippen LogP contribution in [0.2, 0.25) is 0 Å². The van der Waals surface area contributed by atoms with Gasteiger partial charge in [0.15, 0.2) is 10.9 Å². The molecule has 1 heterocycles. The molecule has 7 nitrogen and oxygen atoms in total. The van der Waals surface area contributed by atoms with E-state index in [-0.39, 0.29) is 11.5 Å². The summed E-state index contributed by atoms with van der Waals surface area (Å²) in [6.07, 6.45) is 0. The number of carbonyl (C=O) groups excluding carboxylic acids is 1. The highest BCUT2D eigenvalue weighted by molar-refractivity contribution is 8.00. The van der Waals surface area contributed by atoms with Crippen molar-refractivity contribution in [3.63, 3.8) is 0 Å². The Morgan fingerprint density at radius 2 is 1.81 bits per heavy atom. The number of nitrogens with zero attached hydrogens (tertiary/aromatic N) is 3. The van der Waals surface area contributed by atoms with Gasteiger partial charge < -0.3 is 4.74 Å². The van der Waals surface area contributed by atoms with Gasteiger partial charge in [-0.3, -0.25) is 19.5 Å². The van der Waals surface area contributed by atoms with E-state index < -0.39 is 10.2 Å². The van der Waals surface area contributed by atoms with Gasteiger partial charge in [0.1, 0.15) is 5.75 Å². The quantitative estimate of drug-likeness (QED) is 0.170. The lowest BCUT2D eigenvalue weighted by Gasteiger charge is -2.15. The standard InChI is InChI=1S/C23H19N3O4S/c1-15(22(27)16-8-4-3-5-9-16)31-23-24-18-14-17(26(28)29)12-13-19(18)25(23)20-10-6-7-11-21(20)30-2/h3-15H,1-2H3. The van der Waals surface area contributed by atoms with Crippen LogP contribution in [-0.2, 0) is 0 Å². The highest BCUT2D eigenvalue weighted by atomic mass is 32.2. The molecular weight excluding hydrogens is 414 g/mol. The number of carbonyl (C=O) groups is 1. The second-order valence-corrected chi connectivity index (χ2v) is 8.13. The summed E-state index contributed by atoms with van der Waals surface area (Å²) in [4.78, 5) is 28.3. The molecule has 4 rings (SSSR count). The number of nitro benzene ring substituents is 1. The molecule has 0 aliphatic rings.